The van der Waals surface area contributed by atoms with Gasteiger partial charge in [0, 0.05) is 0 Å². The molecule has 166 valence electrons. The number of hydrogen-bond donors (Lipinski definition) is 0. The fourth-order valence-corrected chi connectivity index (χ4v) is 5.55. The second kappa shape index (κ2) is 13.9. The van der Waals surface area contributed by atoms with Gasteiger partial charge >= 0.3 is 0 Å². The maximum absolute atomic E-state index is 2.50. The van der Waals surface area contributed by atoms with E-state index in [9.17, 15) is 0 Å². The van der Waals surface area contributed by atoms with Crippen molar-refractivity contribution in [1.82, 2.24) is 0 Å². The molecule has 1 aromatic rings. The Morgan fingerprint density at radius 1 is 0.800 bits per heavy atom. The highest BCUT2D eigenvalue weighted by Crippen LogP contribution is 2.39. The minimum atomic E-state index is 0.851. The third-order valence-electron chi connectivity index (χ3n) is 7.37. The molecule has 0 radical (unpaired) electrons. The summed E-state index contributed by atoms with van der Waals surface area (Å²) >= 11 is 0. The van der Waals surface area contributed by atoms with Crippen molar-refractivity contribution >= 4 is 5.57 Å². The van der Waals surface area contributed by atoms with Crippen molar-refractivity contribution in [3.63, 3.8) is 0 Å². The maximum Gasteiger partial charge on any atom is -0.0182 e. The monoisotopic (exact) mass is 406 g/mol. The Bertz CT molecular complexity index is 656. The van der Waals surface area contributed by atoms with Crippen LogP contribution in [-0.4, -0.2) is 0 Å². The largest absolute Gasteiger partial charge is 0.0836 e. The predicted octanol–water partition coefficient (Wildman–Crippen LogP) is 9.83. The van der Waals surface area contributed by atoms with E-state index >= 15 is 0 Å². The summed E-state index contributed by atoms with van der Waals surface area (Å²) < 4.78 is 0. The molecule has 0 aromatic heterocycles. The number of benzene rings is 1. The number of aryl methyl sites for hydroxylation is 1. The topological polar surface area (TPSA) is 0 Å². The Labute approximate surface area is 187 Å². The SMILES string of the molecule is CCCCCCCCCCCCc1cccc(C2=C(C3CCCCC3)CCC=C2)c1. The summed E-state index contributed by atoms with van der Waals surface area (Å²) in [4.78, 5) is 0. The van der Waals surface area contributed by atoms with E-state index in [1.165, 1.54) is 121 Å². The molecule has 1 saturated carbocycles. The summed E-state index contributed by atoms with van der Waals surface area (Å²) in [6, 6.07) is 9.51. The first-order valence-electron chi connectivity index (χ1n) is 13.4. The molecule has 30 heavy (non-hydrogen) atoms. The van der Waals surface area contributed by atoms with Crippen LogP contribution in [0.5, 0.6) is 0 Å². The zero-order chi connectivity index (χ0) is 20.9. The zero-order valence-electron chi connectivity index (χ0n) is 19.8. The first-order valence-corrected chi connectivity index (χ1v) is 13.4. The van der Waals surface area contributed by atoms with E-state index in [1.54, 1.807) is 16.7 Å². The van der Waals surface area contributed by atoms with E-state index in [1.807, 2.05) is 0 Å². The molecule has 0 heterocycles. The van der Waals surface area contributed by atoms with Crippen LogP contribution in [0.4, 0.5) is 0 Å². The molecule has 2 aliphatic carbocycles. The van der Waals surface area contributed by atoms with Crippen LogP contribution < -0.4 is 0 Å². The van der Waals surface area contributed by atoms with E-state index in [0.29, 0.717) is 0 Å². The van der Waals surface area contributed by atoms with Crippen molar-refractivity contribution in [3.05, 3.63) is 53.1 Å². The number of unbranched alkanes of at least 4 members (excludes halogenated alkanes) is 9. The fraction of sp³-hybridized carbons (Fsp3) is 0.667. The summed E-state index contributed by atoms with van der Waals surface area (Å²) in [6.07, 6.45) is 30.0. The van der Waals surface area contributed by atoms with E-state index in [-0.39, 0.29) is 0 Å². The van der Waals surface area contributed by atoms with E-state index in [2.05, 4.69) is 43.3 Å². The maximum atomic E-state index is 2.50. The zero-order valence-corrected chi connectivity index (χ0v) is 19.8. The lowest BCUT2D eigenvalue weighted by Gasteiger charge is -2.28. The highest BCUT2D eigenvalue weighted by atomic mass is 14.3. The highest BCUT2D eigenvalue weighted by Gasteiger charge is 2.22. The smallest absolute Gasteiger partial charge is 0.0182 e. The Balaban J connectivity index is 1.45. The van der Waals surface area contributed by atoms with Crippen LogP contribution in [0.25, 0.3) is 5.57 Å². The standard InChI is InChI=1S/C30H46/c1-2-3-4-5-6-7-8-9-10-12-18-26-19-17-22-28(25-26)30-24-16-15-23-29(30)27-20-13-11-14-21-27/h16-17,19,22,24-25,27H,2-15,18,20-21,23H2,1H3. The summed E-state index contributed by atoms with van der Waals surface area (Å²) in [6.45, 7) is 2.30. The molecule has 0 spiro atoms. The molecule has 0 unspecified atom stereocenters. The molecule has 0 amide bonds. The molecule has 0 heteroatoms. The van der Waals surface area contributed by atoms with Crippen molar-refractivity contribution in [2.45, 2.75) is 122 Å². The second-order valence-corrected chi connectivity index (χ2v) is 9.85. The van der Waals surface area contributed by atoms with Gasteiger partial charge in [0.15, 0.2) is 0 Å². The van der Waals surface area contributed by atoms with Gasteiger partial charge in [0.1, 0.15) is 0 Å². The van der Waals surface area contributed by atoms with Gasteiger partial charge in [-0.1, -0.05) is 126 Å². The Hall–Kier alpha value is -1.30. The lowest BCUT2D eigenvalue weighted by Crippen LogP contribution is -2.12. The van der Waals surface area contributed by atoms with Gasteiger partial charge < -0.3 is 0 Å². The van der Waals surface area contributed by atoms with Gasteiger partial charge in [-0.05, 0) is 61.1 Å². The van der Waals surface area contributed by atoms with Crippen molar-refractivity contribution in [3.8, 4) is 0 Å². The summed E-state index contributed by atoms with van der Waals surface area (Å²) in [5, 5.41) is 0. The minimum Gasteiger partial charge on any atom is -0.0836 e. The Morgan fingerprint density at radius 2 is 1.50 bits per heavy atom. The lowest BCUT2D eigenvalue weighted by molar-refractivity contribution is 0.395. The van der Waals surface area contributed by atoms with Gasteiger partial charge in [0.25, 0.3) is 0 Å². The predicted molar refractivity (Wildman–Crippen MR) is 134 cm³/mol. The summed E-state index contributed by atoms with van der Waals surface area (Å²) in [5.41, 5.74) is 6.36. The van der Waals surface area contributed by atoms with Crippen molar-refractivity contribution in [1.29, 1.82) is 0 Å². The molecule has 1 fully saturated rings. The molecular formula is C30H46. The lowest BCUT2D eigenvalue weighted by atomic mass is 9.77. The van der Waals surface area contributed by atoms with Crippen molar-refractivity contribution in [2.75, 3.05) is 0 Å². The quantitative estimate of drug-likeness (QED) is 0.286. The van der Waals surface area contributed by atoms with Crippen LogP contribution in [0.1, 0.15) is 127 Å². The first-order chi connectivity index (χ1) is 14.9. The molecular weight excluding hydrogens is 360 g/mol. The molecule has 0 N–H and O–H groups in total. The van der Waals surface area contributed by atoms with Crippen LogP contribution in [0.2, 0.25) is 0 Å². The molecule has 0 atom stereocenters. The van der Waals surface area contributed by atoms with Crippen LogP contribution in [-0.2, 0) is 6.42 Å². The van der Waals surface area contributed by atoms with Gasteiger partial charge in [-0.25, -0.2) is 0 Å². The van der Waals surface area contributed by atoms with E-state index in [0.717, 1.165) is 5.92 Å². The third-order valence-corrected chi connectivity index (χ3v) is 7.37. The second-order valence-electron chi connectivity index (χ2n) is 9.85. The molecule has 0 bridgehead atoms. The fourth-order valence-electron chi connectivity index (χ4n) is 5.55. The van der Waals surface area contributed by atoms with Gasteiger partial charge in [-0.3, -0.25) is 0 Å². The molecule has 2 aliphatic rings. The first kappa shape index (κ1) is 23.4. The minimum absolute atomic E-state index is 0.851. The average Bonchev–Trinajstić information content (AvgIpc) is 2.81. The molecule has 3 rings (SSSR count). The van der Waals surface area contributed by atoms with Crippen molar-refractivity contribution < 1.29 is 0 Å². The summed E-state index contributed by atoms with van der Waals surface area (Å²) in [5.74, 6) is 0.851. The van der Waals surface area contributed by atoms with Crippen LogP contribution in [0.3, 0.4) is 0 Å². The number of rotatable bonds is 13. The normalized spacial score (nSPS) is 17.6. The van der Waals surface area contributed by atoms with Gasteiger partial charge in [-0.15, -0.1) is 0 Å². The molecule has 0 saturated heterocycles. The third kappa shape index (κ3) is 7.75. The van der Waals surface area contributed by atoms with Gasteiger partial charge in [0.2, 0.25) is 0 Å². The number of allylic oxidation sites excluding steroid dienone is 4. The van der Waals surface area contributed by atoms with Crippen LogP contribution in [0.15, 0.2) is 42.0 Å². The van der Waals surface area contributed by atoms with Gasteiger partial charge in [0.05, 0.1) is 0 Å². The average molecular weight is 407 g/mol. The van der Waals surface area contributed by atoms with E-state index < -0.39 is 0 Å². The molecule has 1 aromatic carbocycles. The molecule has 0 nitrogen and oxygen atoms in total. The highest BCUT2D eigenvalue weighted by molar-refractivity contribution is 5.78. The van der Waals surface area contributed by atoms with Crippen LogP contribution >= 0.6 is 0 Å². The summed E-state index contributed by atoms with van der Waals surface area (Å²) in [7, 11) is 0. The van der Waals surface area contributed by atoms with Crippen LogP contribution in [0, 0.1) is 5.92 Å². The van der Waals surface area contributed by atoms with Gasteiger partial charge in [-0.2, -0.15) is 0 Å². The number of hydrogen-bond acceptors (Lipinski definition) is 0. The van der Waals surface area contributed by atoms with Crippen molar-refractivity contribution in [2.24, 2.45) is 5.92 Å². The van der Waals surface area contributed by atoms with E-state index in [4.69, 9.17) is 0 Å². The molecule has 0 aliphatic heterocycles. The Kier molecular flexibility index (Phi) is 10.8. The Morgan fingerprint density at radius 3 is 2.23 bits per heavy atom.